The predicted molar refractivity (Wildman–Crippen MR) is 62.6 cm³/mol. The number of imidazole rings is 1. The topological polar surface area (TPSA) is 101 Å². The van der Waals surface area contributed by atoms with Gasteiger partial charge in [0.05, 0.1) is 28.8 Å². The Bertz CT molecular complexity index is 590. The molecule has 7 heteroatoms. The molecule has 1 heterocycles. The van der Waals surface area contributed by atoms with E-state index in [4.69, 9.17) is 5.73 Å². The smallest absolute Gasteiger partial charge is 0.233 e. The summed E-state index contributed by atoms with van der Waals surface area (Å²) in [6.45, 7) is 0.0988. The van der Waals surface area contributed by atoms with E-state index in [0.717, 1.165) is 11.0 Å². The molecule has 2 aromatic rings. The number of fused-ring (bicyclic) bond motifs is 1. The van der Waals surface area contributed by atoms with E-state index in [2.05, 4.69) is 14.7 Å². The van der Waals surface area contributed by atoms with Crippen molar-refractivity contribution in [3.63, 3.8) is 0 Å². The van der Waals surface area contributed by atoms with Gasteiger partial charge in [-0.1, -0.05) is 0 Å². The summed E-state index contributed by atoms with van der Waals surface area (Å²) in [7, 11) is -3.35. The Hall–Kier alpha value is -1.60. The molecule has 0 spiro atoms. The predicted octanol–water partition coefficient (Wildman–Crippen LogP) is 0.263. The van der Waals surface area contributed by atoms with Gasteiger partial charge in [0, 0.05) is 6.54 Å². The number of sulfonamides is 1. The fourth-order valence-corrected chi connectivity index (χ4v) is 2.28. The van der Waals surface area contributed by atoms with Gasteiger partial charge in [0.15, 0.2) is 0 Å². The lowest BCUT2D eigenvalue weighted by molar-refractivity contribution is 0.601. The number of nitrogens with one attached hydrogen (secondary N) is 2. The van der Waals surface area contributed by atoms with Crippen LogP contribution in [0.25, 0.3) is 11.0 Å². The van der Waals surface area contributed by atoms with E-state index in [1.165, 1.54) is 0 Å². The highest BCUT2D eigenvalue weighted by atomic mass is 32.2. The number of nitrogens with zero attached hydrogens (tertiary/aromatic N) is 1. The van der Waals surface area contributed by atoms with Crippen molar-refractivity contribution in [2.45, 2.75) is 0 Å². The molecule has 86 valence electrons. The summed E-state index contributed by atoms with van der Waals surface area (Å²) in [6.07, 6.45) is 1.56. The molecule has 0 bridgehead atoms. The third-order valence-corrected chi connectivity index (χ3v) is 3.40. The van der Waals surface area contributed by atoms with Crippen LogP contribution in [-0.2, 0) is 10.0 Å². The lowest BCUT2D eigenvalue weighted by Gasteiger charge is -2.06. The molecule has 0 fully saturated rings. The van der Waals surface area contributed by atoms with E-state index in [0.29, 0.717) is 5.69 Å². The maximum atomic E-state index is 11.5. The molecule has 0 unspecified atom stereocenters. The average Bonchev–Trinajstić information content (AvgIpc) is 2.63. The second-order valence-corrected chi connectivity index (χ2v) is 5.19. The van der Waals surface area contributed by atoms with Crippen molar-refractivity contribution in [3.05, 3.63) is 24.5 Å². The molecule has 0 saturated carbocycles. The summed E-state index contributed by atoms with van der Waals surface area (Å²) in [5.74, 6) is -0.0893. The van der Waals surface area contributed by atoms with Crippen LogP contribution in [0, 0.1) is 0 Å². The molecule has 0 atom stereocenters. The first-order chi connectivity index (χ1) is 7.61. The quantitative estimate of drug-likeness (QED) is 0.713. The van der Waals surface area contributed by atoms with E-state index >= 15 is 0 Å². The minimum absolute atomic E-state index is 0.0893. The van der Waals surface area contributed by atoms with Gasteiger partial charge in [0.2, 0.25) is 10.0 Å². The monoisotopic (exact) mass is 240 g/mol. The summed E-state index contributed by atoms with van der Waals surface area (Å²) < 4.78 is 25.4. The first-order valence-electron chi connectivity index (χ1n) is 4.74. The highest BCUT2D eigenvalue weighted by molar-refractivity contribution is 7.92. The van der Waals surface area contributed by atoms with E-state index in [1.807, 2.05) is 0 Å². The Morgan fingerprint density at radius 3 is 3.00 bits per heavy atom. The summed E-state index contributed by atoms with van der Waals surface area (Å²) in [4.78, 5) is 6.95. The first kappa shape index (κ1) is 10.9. The molecule has 2 rings (SSSR count). The SMILES string of the molecule is NCCS(=O)(=O)Nc1ccc2nc[nH]c2c1. The summed E-state index contributed by atoms with van der Waals surface area (Å²) in [5.41, 5.74) is 7.29. The van der Waals surface area contributed by atoms with Gasteiger partial charge in [-0.2, -0.15) is 0 Å². The van der Waals surface area contributed by atoms with Crippen molar-refractivity contribution in [3.8, 4) is 0 Å². The second-order valence-electron chi connectivity index (χ2n) is 3.34. The molecule has 0 aliphatic rings. The van der Waals surface area contributed by atoms with Gasteiger partial charge >= 0.3 is 0 Å². The van der Waals surface area contributed by atoms with Gasteiger partial charge in [-0.25, -0.2) is 13.4 Å². The maximum Gasteiger partial charge on any atom is 0.233 e. The molecule has 0 radical (unpaired) electrons. The zero-order valence-electron chi connectivity index (χ0n) is 8.47. The summed E-state index contributed by atoms with van der Waals surface area (Å²) in [6, 6.07) is 5.10. The molecule has 1 aromatic carbocycles. The molecule has 0 saturated heterocycles. The summed E-state index contributed by atoms with van der Waals surface area (Å²) >= 11 is 0. The van der Waals surface area contributed by atoms with Crippen molar-refractivity contribution < 1.29 is 8.42 Å². The summed E-state index contributed by atoms with van der Waals surface area (Å²) in [5, 5.41) is 0. The van der Waals surface area contributed by atoms with E-state index in [9.17, 15) is 8.42 Å². The van der Waals surface area contributed by atoms with Crippen molar-refractivity contribution in [2.75, 3.05) is 17.0 Å². The number of benzene rings is 1. The molecule has 0 amide bonds. The number of H-pyrrole nitrogens is 1. The lowest BCUT2D eigenvalue weighted by Crippen LogP contribution is -2.22. The molecule has 4 N–H and O–H groups in total. The van der Waals surface area contributed by atoms with Gasteiger partial charge in [0.25, 0.3) is 0 Å². The van der Waals surface area contributed by atoms with Gasteiger partial charge in [-0.3, -0.25) is 4.72 Å². The molecule has 6 nitrogen and oxygen atoms in total. The number of hydrogen-bond donors (Lipinski definition) is 3. The highest BCUT2D eigenvalue weighted by Gasteiger charge is 2.09. The van der Waals surface area contributed by atoms with E-state index in [1.54, 1.807) is 24.5 Å². The standard InChI is InChI=1S/C9H12N4O2S/c10-3-4-16(14,15)13-7-1-2-8-9(5-7)12-6-11-8/h1-2,5-6,13H,3-4,10H2,(H,11,12). The molecular formula is C9H12N4O2S. The highest BCUT2D eigenvalue weighted by Crippen LogP contribution is 2.16. The first-order valence-corrected chi connectivity index (χ1v) is 6.40. The fourth-order valence-electron chi connectivity index (χ4n) is 1.38. The van der Waals surface area contributed by atoms with E-state index in [-0.39, 0.29) is 12.3 Å². The maximum absolute atomic E-state index is 11.5. The molecule has 16 heavy (non-hydrogen) atoms. The third kappa shape index (κ3) is 2.31. The fraction of sp³-hybridized carbons (Fsp3) is 0.222. The van der Waals surface area contributed by atoms with Crippen LogP contribution in [-0.4, -0.2) is 30.7 Å². The van der Waals surface area contributed by atoms with Crippen LogP contribution in [0.3, 0.4) is 0 Å². The number of nitrogens with two attached hydrogens (primary N) is 1. The second kappa shape index (κ2) is 4.11. The van der Waals surface area contributed by atoms with Crippen LogP contribution in [0.5, 0.6) is 0 Å². The number of anilines is 1. The van der Waals surface area contributed by atoms with Crippen LogP contribution >= 0.6 is 0 Å². The zero-order valence-corrected chi connectivity index (χ0v) is 9.29. The number of aromatic amines is 1. The molecule has 0 aliphatic heterocycles. The van der Waals surface area contributed by atoms with Gasteiger partial charge in [-0.15, -0.1) is 0 Å². The minimum atomic E-state index is -3.35. The van der Waals surface area contributed by atoms with Crippen LogP contribution in [0.2, 0.25) is 0 Å². The van der Waals surface area contributed by atoms with Crippen LogP contribution in [0.4, 0.5) is 5.69 Å². The molecule has 0 aliphatic carbocycles. The van der Waals surface area contributed by atoms with Gasteiger partial charge in [-0.05, 0) is 18.2 Å². The minimum Gasteiger partial charge on any atom is -0.345 e. The van der Waals surface area contributed by atoms with Crippen molar-refractivity contribution in [2.24, 2.45) is 5.73 Å². The lowest BCUT2D eigenvalue weighted by atomic mass is 10.3. The third-order valence-electron chi connectivity index (χ3n) is 2.08. The van der Waals surface area contributed by atoms with Crippen molar-refractivity contribution >= 4 is 26.7 Å². The Labute approximate surface area is 92.9 Å². The Morgan fingerprint density at radius 1 is 1.44 bits per heavy atom. The van der Waals surface area contributed by atoms with Crippen molar-refractivity contribution in [1.29, 1.82) is 0 Å². The number of aromatic nitrogens is 2. The molecule has 1 aromatic heterocycles. The largest absolute Gasteiger partial charge is 0.345 e. The van der Waals surface area contributed by atoms with Crippen LogP contribution < -0.4 is 10.5 Å². The number of rotatable bonds is 4. The van der Waals surface area contributed by atoms with Gasteiger partial charge in [0.1, 0.15) is 0 Å². The van der Waals surface area contributed by atoms with Crippen LogP contribution in [0.15, 0.2) is 24.5 Å². The zero-order chi connectivity index (χ0) is 11.6. The molecular weight excluding hydrogens is 228 g/mol. The normalized spacial score (nSPS) is 11.8. The average molecular weight is 240 g/mol. The van der Waals surface area contributed by atoms with Gasteiger partial charge < -0.3 is 10.7 Å². The Kier molecular flexibility index (Phi) is 2.80. The Morgan fingerprint density at radius 2 is 2.25 bits per heavy atom. The van der Waals surface area contributed by atoms with Crippen molar-refractivity contribution in [1.82, 2.24) is 9.97 Å². The van der Waals surface area contributed by atoms with E-state index < -0.39 is 10.0 Å². The Balaban J connectivity index is 2.27. The van der Waals surface area contributed by atoms with Crippen LogP contribution in [0.1, 0.15) is 0 Å². The number of hydrogen-bond acceptors (Lipinski definition) is 4.